The van der Waals surface area contributed by atoms with Crippen molar-refractivity contribution in [2.45, 2.75) is 43.5 Å². The van der Waals surface area contributed by atoms with Gasteiger partial charge in [-0.05, 0) is 43.4 Å². The number of nitrogens with two attached hydrogens (primary N) is 1. The highest BCUT2D eigenvalue weighted by molar-refractivity contribution is 7.85. The Labute approximate surface area is 169 Å². The number of nitrogens with one attached hydrogen (secondary N) is 2. The van der Waals surface area contributed by atoms with Gasteiger partial charge in [-0.3, -0.25) is 4.55 Å². The number of nitrogens with zero attached hydrogens (tertiary/aromatic N) is 3. The number of aromatic nitrogens is 3. The zero-order chi connectivity index (χ0) is 20.4. The van der Waals surface area contributed by atoms with Crippen LogP contribution < -0.4 is 16.4 Å². The van der Waals surface area contributed by atoms with E-state index in [2.05, 4.69) is 20.7 Å². The van der Waals surface area contributed by atoms with E-state index in [4.69, 9.17) is 10.3 Å². The molecule has 29 heavy (non-hydrogen) atoms. The molecule has 0 unspecified atom stereocenters. The predicted octanol–water partition coefficient (Wildman–Crippen LogP) is 2.54. The molecule has 0 atom stereocenters. The smallest absolute Gasteiger partial charge is 0.269 e. The quantitative estimate of drug-likeness (QED) is 0.450. The van der Waals surface area contributed by atoms with Crippen LogP contribution in [0.3, 0.4) is 0 Å². The molecule has 1 aliphatic carbocycles. The van der Waals surface area contributed by atoms with E-state index in [1.807, 2.05) is 6.07 Å². The molecular weight excluding hydrogens is 392 g/mol. The van der Waals surface area contributed by atoms with E-state index >= 15 is 0 Å². The number of rotatable bonds is 6. The van der Waals surface area contributed by atoms with E-state index < -0.39 is 15.9 Å². The Hall–Kier alpha value is -2.69. The Balaban J connectivity index is 1.54. The number of fused-ring (bicyclic) bond motifs is 1. The second-order valence-corrected chi connectivity index (χ2v) is 8.90. The molecule has 1 aliphatic rings. The van der Waals surface area contributed by atoms with Gasteiger partial charge < -0.3 is 16.4 Å². The van der Waals surface area contributed by atoms with Crippen LogP contribution in [0.2, 0.25) is 0 Å². The van der Waals surface area contributed by atoms with Crippen LogP contribution >= 0.6 is 0 Å². The average molecular weight is 417 g/mol. The van der Waals surface area contributed by atoms with Gasteiger partial charge in [-0.2, -0.15) is 8.42 Å². The Morgan fingerprint density at radius 2 is 1.90 bits per heavy atom. The Morgan fingerprint density at radius 1 is 1.17 bits per heavy atom. The van der Waals surface area contributed by atoms with Gasteiger partial charge in [0.1, 0.15) is 11.6 Å². The Kier molecular flexibility index (Phi) is 5.39. The molecule has 1 fully saturated rings. The number of benzene rings is 1. The van der Waals surface area contributed by atoms with Crippen LogP contribution in [0.5, 0.6) is 0 Å². The monoisotopic (exact) mass is 416 g/mol. The summed E-state index contributed by atoms with van der Waals surface area (Å²) in [7, 11) is -4.05. The van der Waals surface area contributed by atoms with Crippen LogP contribution in [0, 0.1) is 0 Å². The lowest BCUT2D eigenvalue weighted by Crippen LogP contribution is -2.33. The van der Waals surface area contributed by atoms with Crippen molar-refractivity contribution in [1.29, 1.82) is 0 Å². The second-order valence-electron chi connectivity index (χ2n) is 7.44. The summed E-state index contributed by atoms with van der Waals surface area (Å²) >= 11 is 0. The van der Waals surface area contributed by atoms with Crippen LogP contribution in [-0.2, 0) is 15.9 Å². The summed E-state index contributed by atoms with van der Waals surface area (Å²) in [5.41, 5.74) is 8.74. The van der Waals surface area contributed by atoms with Crippen molar-refractivity contribution in [3.8, 4) is 0 Å². The van der Waals surface area contributed by atoms with Crippen molar-refractivity contribution in [3.05, 3.63) is 48.3 Å². The minimum atomic E-state index is -4.05. The van der Waals surface area contributed by atoms with Gasteiger partial charge in [0.2, 0.25) is 0 Å². The van der Waals surface area contributed by atoms with Crippen molar-refractivity contribution in [3.63, 3.8) is 0 Å². The lowest BCUT2D eigenvalue weighted by atomic mass is 9.92. The first-order chi connectivity index (χ1) is 13.9. The molecule has 2 aromatic heterocycles. The number of hydrogen-bond donors (Lipinski definition) is 4. The van der Waals surface area contributed by atoms with Crippen LogP contribution in [0.1, 0.15) is 31.2 Å². The summed E-state index contributed by atoms with van der Waals surface area (Å²) in [6.45, 7) is 0. The molecule has 2 heterocycles. The highest BCUT2D eigenvalue weighted by Crippen LogP contribution is 2.26. The molecule has 0 amide bonds. The summed E-state index contributed by atoms with van der Waals surface area (Å²) in [5.74, 6) is 0.341. The molecule has 9 nitrogen and oxygen atoms in total. The van der Waals surface area contributed by atoms with E-state index in [0.717, 1.165) is 42.9 Å². The molecule has 154 valence electrons. The lowest BCUT2D eigenvalue weighted by molar-refractivity contribution is 0.410. The molecule has 0 spiro atoms. The minimum absolute atomic E-state index is 0.290. The molecule has 0 bridgehead atoms. The average Bonchev–Trinajstić information content (AvgIpc) is 3.13. The van der Waals surface area contributed by atoms with Crippen LogP contribution in [0.25, 0.3) is 5.65 Å². The predicted molar refractivity (Wildman–Crippen MR) is 112 cm³/mol. The van der Waals surface area contributed by atoms with Gasteiger partial charge in [0.25, 0.3) is 10.1 Å². The molecule has 1 saturated carbocycles. The van der Waals surface area contributed by atoms with Crippen molar-refractivity contribution >= 4 is 33.0 Å². The molecule has 0 radical (unpaired) electrons. The SMILES string of the molecule is NC1CCC(Nc2cc(Nc3ccc(CS(=O)(=O)O)cc3)c3nccn3n2)CC1. The third-order valence-corrected chi connectivity index (χ3v) is 5.76. The second kappa shape index (κ2) is 7.97. The molecular formula is C19H24N6O3S. The summed E-state index contributed by atoms with van der Waals surface area (Å²) < 4.78 is 32.7. The normalized spacial score (nSPS) is 19.9. The zero-order valence-corrected chi connectivity index (χ0v) is 16.6. The van der Waals surface area contributed by atoms with Gasteiger partial charge in [-0.15, -0.1) is 5.10 Å². The summed E-state index contributed by atoms with van der Waals surface area (Å²) in [4.78, 5) is 4.36. The van der Waals surface area contributed by atoms with Gasteiger partial charge in [-0.1, -0.05) is 12.1 Å². The maximum atomic E-state index is 11.0. The van der Waals surface area contributed by atoms with Crippen LogP contribution in [0.4, 0.5) is 17.2 Å². The molecule has 1 aromatic carbocycles. The topological polar surface area (TPSA) is 135 Å². The first-order valence-corrected chi connectivity index (χ1v) is 11.1. The molecule has 4 rings (SSSR count). The van der Waals surface area contributed by atoms with Gasteiger partial charge in [0.15, 0.2) is 5.65 Å². The molecule has 0 saturated heterocycles. The molecule has 3 aromatic rings. The Morgan fingerprint density at radius 3 is 2.59 bits per heavy atom. The van der Waals surface area contributed by atoms with Crippen LogP contribution in [0.15, 0.2) is 42.7 Å². The minimum Gasteiger partial charge on any atom is -0.366 e. The van der Waals surface area contributed by atoms with E-state index in [1.165, 1.54) is 0 Å². The van der Waals surface area contributed by atoms with E-state index in [-0.39, 0.29) is 6.04 Å². The van der Waals surface area contributed by atoms with E-state index in [1.54, 1.807) is 41.2 Å². The largest absolute Gasteiger partial charge is 0.366 e. The highest BCUT2D eigenvalue weighted by Gasteiger charge is 2.19. The third-order valence-electron chi connectivity index (χ3n) is 5.06. The molecule has 5 N–H and O–H groups in total. The summed E-state index contributed by atoms with van der Waals surface area (Å²) in [5, 5.41) is 11.4. The number of anilines is 3. The Bertz CT molecular complexity index is 1090. The van der Waals surface area contributed by atoms with Crippen molar-refractivity contribution in [1.82, 2.24) is 14.6 Å². The van der Waals surface area contributed by atoms with E-state index in [0.29, 0.717) is 17.3 Å². The van der Waals surface area contributed by atoms with Crippen molar-refractivity contribution in [2.75, 3.05) is 10.6 Å². The molecule has 0 aliphatic heterocycles. The number of hydrogen-bond acceptors (Lipinski definition) is 7. The standard InChI is InChI=1S/C19H24N6O3S/c20-14-3-7-16(8-4-14)23-18-11-17(19-21-9-10-25(19)24-18)22-15-5-1-13(2-6-15)12-29(26,27)28/h1-2,5-6,9-11,14,16,22H,3-4,7-8,12,20H2,(H,23,24)(H,26,27,28). The molecule has 10 heteroatoms. The summed E-state index contributed by atoms with van der Waals surface area (Å²) in [6, 6.07) is 9.39. The lowest BCUT2D eigenvalue weighted by Gasteiger charge is -2.27. The van der Waals surface area contributed by atoms with Gasteiger partial charge in [0.05, 0.1) is 5.69 Å². The first-order valence-electron chi connectivity index (χ1n) is 9.53. The zero-order valence-electron chi connectivity index (χ0n) is 15.8. The fourth-order valence-electron chi connectivity index (χ4n) is 3.60. The van der Waals surface area contributed by atoms with Gasteiger partial charge >= 0.3 is 0 Å². The van der Waals surface area contributed by atoms with E-state index in [9.17, 15) is 8.42 Å². The fraction of sp³-hybridized carbons (Fsp3) is 0.368. The third kappa shape index (κ3) is 5.03. The van der Waals surface area contributed by atoms with Crippen molar-refractivity contribution < 1.29 is 13.0 Å². The highest BCUT2D eigenvalue weighted by atomic mass is 32.2. The first kappa shape index (κ1) is 19.6. The van der Waals surface area contributed by atoms with Crippen molar-refractivity contribution in [2.24, 2.45) is 5.73 Å². The summed E-state index contributed by atoms with van der Waals surface area (Å²) in [6.07, 6.45) is 7.52. The maximum absolute atomic E-state index is 11.0. The fourth-order valence-corrected chi connectivity index (χ4v) is 4.22. The van der Waals surface area contributed by atoms with Crippen LogP contribution in [-0.4, -0.2) is 39.7 Å². The van der Waals surface area contributed by atoms with Gasteiger partial charge in [-0.25, -0.2) is 9.50 Å². The van der Waals surface area contributed by atoms with Gasteiger partial charge in [0, 0.05) is 36.2 Å². The maximum Gasteiger partial charge on any atom is 0.269 e. The number of imidazole rings is 1.